The maximum absolute atomic E-state index is 11.7. The van der Waals surface area contributed by atoms with Gasteiger partial charge >= 0.3 is 5.97 Å². The molecule has 0 aliphatic heterocycles. The Bertz CT molecular complexity index is 612. The zero-order chi connectivity index (χ0) is 15.1. The standard InChI is InChI=1S/C17H17NO3/c1-2-13-3-5-14(6-4-13)12-21-17(20)8-7-16(19)15-9-10-18-11-15/h2-6,9-11,18H,1,7-8,12H2. The molecule has 0 radical (unpaired) electrons. The largest absolute Gasteiger partial charge is 0.461 e. The lowest BCUT2D eigenvalue weighted by atomic mass is 10.1. The topological polar surface area (TPSA) is 59.2 Å². The van der Waals surface area contributed by atoms with Crippen LogP contribution in [-0.4, -0.2) is 16.7 Å². The van der Waals surface area contributed by atoms with Gasteiger partial charge in [-0.25, -0.2) is 0 Å². The summed E-state index contributed by atoms with van der Waals surface area (Å²) in [5.74, 6) is -0.435. The molecule has 0 aliphatic rings. The van der Waals surface area contributed by atoms with Gasteiger partial charge in [-0.15, -0.1) is 0 Å². The molecule has 108 valence electrons. The van der Waals surface area contributed by atoms with Gasteiger partial charge in [-0.2, -0.15) is 0 Å². The lowest BCUT2D eigenvalue weighted by Crippen LogP contribution is -2.08. The van der Waals surface area contributed by atoms with Crippen molar-refractivity contribution in [3.05, 3.63) is 66.0 Å². The molecule has 4 nitrogen and oxygen atoms in total. The molecule has 2 aromatic rings. The number of benzene rings is 1. The number of aromatic nitrogens is 1. The van der Waals surface area contributed by atoms with E-state index < -0.39 is 0 Å². The Morgan fingerprint density at radius 3 is 2.52 bits per heavy atom. The fourth-order valence-corrected chi connectivity index (χ4v) is 1.84. The molecule has 0 spiro atoms. The number of rotatable bonds is 7. The number of ketones is 1. The van der Waals surface area contributed by atoms with E-state index in [1.165, 1.54) is 0 Å². The van der Waals surface area contributed by atoms with E-state index in [2.05, 4.69) is 11.6 Å². The Labute approximate surface area is 123 Å². The summed E-state index contributed by atoms with van der Waals surface area (Å²) in [6, 6.07) is 9.27. The highest BCUT2D eigenvalue weighted by atomic mass is 16.5. The third-order valence-corrected chi connectivity index (χ3v) is 3.09. The summed E-state index contributed by atoms with van der Waals surface area (Å²) in [5, 5.41) is 0. The number of H-pyrrole nitrogens is 1. The van der Waals surface area contributed by atoms with Crippen molar-refractivity contribution in [1.82, 2.24) is 4.98 Å². The van der Waals surface area contributed by atoms with Crippen molar-refractivity contribution >= 4 is 17.8 Å². The van der Waals surface area contributed by atoms with Gasteiger partial charge in [0.2, 0.25) is 0 Å². The first-order valence-corrected chi connectivity index (χ1v) is 6.72. The molecule has 1 aromatic carbocycles. The molecule has 0 aliphatic carbocycles. The van der Waals surface area contributed by atoms with Gasteiger partial charge in [0.05, 0.1) is 6.42 Å². The van der Waals surface area contributed by atoms with Gasteiger partial charge in [0.25, 0.3) is 0 Å². The first kappa shape index (κ1) is 14.8. The number of carbonyl (C=O) groups is 2. The summed E-state index contributed by atoms with van der Waals surface area (Å²) in [5.41, 5.74) is 2.51. The van der Waals surface area contributed by atoms with Gasteiger partial charge < -0.3 is 9.72 Å². The zero-order valence-corrected chi connectivity index (χ0v) is 11.7. The summed E-state index contributed by atoms with van der Waals surface area (Å²) in [7, 11) is 0. The smallest absolute Gasteiger partial charge is 0.306 e. The second kappa shape index (κ2) is 7.24. The minimum atomic E-state index is -0.369. The Kier molecular flexibility index (Phi) is 5.10. The third-order valence-electron chi connectivity index (χ3n) is 3.09. The minimum absolute atomic E-state index is 0.0662. The van der Waals surface area contributed by atoms with E-state index in [0.29, 0.717) is 5.56 Å². The molecule has 0 amide bonds. The van der Waals surface area contributed by atoms with Crippen LogP contribution in [0.25, 0.3) is 6.08 Å². The average molecular weight is 283 g/mol. The fourth-order valence-electron chi connectivity index (χ4n) is 1.84. The Balaban J connectivity index is 1.74. The van der Waals surface area contributed by atoms with E-state index in [1.807, 2.05) is 24.3 Å². The maximum Gasteiger partial charge on any atom is 0.306 e. The second-order valence-corrected chi connectivity index (χ2v) is 4.63. The Hall–Kier alpha value is -2.62. The normalized spacial score (nSPS) is 10.1. The monoisotopic (exact) mass is 283 g/mol. The van der Waals surface area contributed by atoms with Crippen molar-refractivity contribution in [3.63, 3.8) is 0 Å². The number of aromatic amines is 1. The molecule has 0 saturated heterocycles. The van der Waals surface area contributed by atoms with Gasteiger partial charge in [0, 0.05) is 24.4 Å². The van der Waals surface area contributed by atoms with Crippen molar-refractivity contribution < 1.29 is 14.3 Å². The molecule has 21 heavy (non-hydrogen) atoms. The molecule has 1 aromatic heterocycles. The lowest BCUT2D eigenvalue weighted by molar-refractivity contribution is -0.144. The van der Waals surface area contributed by atoms with Crippen LogP contribution in [-0.2, 0) is 16.1 Å². The molecular formula is C17H17NO3. The molecule has 4 heteroatoms. The minimum Gasteiger partial charge on any atom is -0.461 e. The van der Waals surface area contributed by atoms with Crippen molar-refractivity contribution in [3.8, 4) is 0 Å². The van der Waals surface area contributed by atoms with Crippen LogP contribution in [0.3, 0.4) is 0 Å². The summed E-state index contributed by atoms with van der Waals surface area (Å²) >= 11 is 0. The van der Waals surface area contributed by atoms with Crippen molar-refractivity contribution in [2.75, 3.05) is 0 Å². The average Bonchev–Trinajstić information content (AvgIpc) is 3.05. The molecule has 0 saturated carbocycles. The first-order valence-electron chi connectivity index (χ1n) is 6.72. The van der Waals surface area contributed by atoms with Crippen LogP contribution in [0.5, 0.6) is 0 Å². The van der Waals surface area contributed by atoms with Gasteiger partial charge in [-0.1, -0.05) is 36.9 Å². The highest BCUT2D eigenvalue weighted by Gasteiger charge is 2.10. The number of carbonyl (C=O) groups excluding carboxylic acids is 2. The summed E-state index contributed by atoms with van der Waals surface area (Å²) < 4.78 is 5.14. The molecule has 1 N–H and O–H groups in total. The SMILES string of the molecule is C=Cc1ccc(COC(=O)CCC(=O)c2cc[nH]c2)cc1. The molecule has 2 rings (SSSR count). The number of ether oxygens (including phenoxy) is 1. The van der Waals surface area contributed by atoms with E-state index in [-0.39, 0.29) is 31.2 Å². The summed E-state index contributed by atoms with van der Waals surface area (Å²) in [6.45, 7) is 3.89. The summed E-state index contributed by atoms with van der Waals surface area (Å²) in [4.78, 5) is 26.1. The van der Waals surface area contributed by atoms with Gasteiger partial charge in [0.1, 0.15) is 6.61 Å². The van der Waals surface area contributed by atoms with Gasteiger partial charge in [-0.05, 0) is 17.2 Å². The van der Waals surface area contributed by atoms with Crippen LogP contribution in [0.1, 0.15) is 34.3 Å². The molecule has 0 atom stereocenters. The van der Waals surface area contributed by atoms with E-state index in [9.17, 15) is 9.59 Å². The highest BCUT2D eigenvalue weighted by Crippen LogP contribution is 2.09. The molecule has 0 unspecified atom stereocenters. The van der Waals surface area contributed by atoms with E-state index in [0.717, 1.165) is 11.1 Å². The van der Waals surface area contributed by atoms with Crippen LogP contribution < -0.4 is 0 Å². The summed E-state index contributed by atoms with van der Waals surface area (Å²) in [6.07, 6.45) is 5.30. The van der Waals surface area contributed by atoms with Crippen LogP contribution in [0.15, 0.2) is 49.3 Å². The van der Waals surface area contributed by atoms with Gasteiger partial charge in [-0.3, -0.25) is 9.59 Å². The van der Waals surface area contributed by atoms with E-state index in [4.69, 9.17) is 4.74 Å². The number of Topliss-reactive ketones (excluding diaryl/α,β-unsaturated/α-hetero) is 1. The van der Waals surface area contributed by atoms with Crippen molar-refractivity contribution in [1.29, 1.82) is 0 Å². The lowest BCUT2D eigenvalue weighted by Gasteiger charge is -2.05. The number of nitrogens with one attached hydrogen (secondary N) is 1. The van der Waals surface area contributed by atoms with Crippen LogP contribution in [0.2, 0.25) is 0 Å². The van der Waals surface area contributed by atoms with Gasteiger partial charge in [0.15, 0.2) is 5.78 Å². The van der Waals surface area contributed by atoms with Crippen LogP contribution in [0.4, 0.5) is 0 Å². The Morgan fingerprint density at radius 2 is 1.90 bits per heavy atom. The van der Waals surface area contributed by atoms with Crippen LogP contribution in [0, 0.1) is 0 Å². The van der Waals surface area contributed by atoms with Crippen LogP contribution >= 0.6 is 0 Å². The Morgan fingerprint density at radius 1 is 1.14 bits per heavy atom. The first-order chi connectivity index (χ1) is 10.2. The quantitative estimate of drug-likeness (QED) is 0.626. The maximum atomic E-state index is 11.7. The molecule has 1 heterocycles. The molecule has 0 fully saturated rings. The number of hydrogen-bond donors (Lipinski definition) is 1. The molecule has 0 bridgehead atoms. The van der Waals surface area contributed by atoms with E-state index >= 15 is 0 Å². The van der Waals surface area contributed by atoms with E-state index in [1.54, 1.807) is 24.5 Å². The fraction of sp³-hybridized carbons (Fsp3) is 0.176. The highest BCUT2D eigenvalue weighted by molar-refractivity contribution is 5.97. The van der Waals surface area contributed by atoms with Crippen molar-refractivity contribution in [2.24, 2.45) is 0 Å². The molecular weight excluding hydrogens is 266 g/mol. The van der Waals surface area contributed by atoms with Crippen molar-refractivity contribution in [2.45, 2.75) is 19.4 Å². The third kappa shape index (κ3) is 4.45. The predicted molar refractivity (Wildman–Crippen MR) is 80.7 cm³/mol. The zero-order valence-electron chi connectivity index (χ0n) is 11.7. The number of hydrogen-bond acceptors (Lipinski definition) is 3. The predicted octanol–water partition coefficient (Wildman–Crippen LogP) is 3.36. The number of esters is 1. The second-order valence-electron chi connectivity index (χ2n) is 4.63.